The number of nitrogens with zero attached hydrogens (tertiary/aromatic N) is 1. The first-order chi connectivity index (χ1) is 8.98. The summed E-state index contributed by atoms with van der Waals surface area (Å²) in [6.45, 7) is 1.31. The number of hydrogen-bond donors (Lipinski definition) is 2. The molecule has 0 spiro atoms. The lowest BCUT2D eigenvalue weighted by molar-refractivity contribution is 0.0577. The Labute approximate surface area is 113 Å². The second-order valence-corrected chi connectivity index (χ2v) is 6.44. The van der Waals surface area contributed by atoms with Crippen molar-refractivity contribution in [3.05, 3.63) is 35.9 Å². The van der Waals surface area contributed by atoms with E-state index in [0.29, 0.717) is 13.0 Å². The molecule has 19 heavy (non-hydrogen) atoms. The van der Waals surface area contributed by atoms with Gasteiger partial charge in [-0.2, -0.15) is 8.42 Å². The molecule has 1 aliphatic heterocycles. The second kappa shape index (κ2) is 6.00. The number of hydrogen-bond acceptors (Lipinski definition) is 4. The molecule has 0 amide bonds. The van der Waals surface area contributed by atoms with E-state index >= 15 is 0 Å². The summed E-state index contributed by atoms with van der Waals surface area (Å²) in [7, 11) is -4.41. The third kappa shape index (κ3) is 3.76. The fraction of sp³-hybridized carbons (Fsp3) is 0.538. The van der Waals surface area contributed by atoms with Gasteiger partial charge in [0.15, 0.2) is 5.44 Å². The van der Waals surface area contributed by atoms with Crippen molar-refractivity contribution in [2.45, 2.75) is 37.3 Å². The van der Waals surface area contributed by atoms with Gasteiger partial charge in [-0.1, -0.05) is 36.8 Å². The first-order valence-corrected chi connectivity index (χ1v) is 7.91. The van der Waals surface area contributed by atoms with Gasteiger partial charge in [-0.15, -0.1) is 0 Å². The minimum atomic E-state index is -4.41. The van der Waals surface area contributed by atoms with Crippen molar-refractivity contribution in [1.29, 1.82) is 0 Å². The van der Waals surface area contributed by atoms with Crippen molar-refractivity contribution >= 4 is 10.1 Å². The molecule has 1 aromatic rings. The molecule has 0 bridgehead atoms. The second-order valence-electron chi connectivity index (χ2n) is 4.92. The van der Waals surface area contributed by atoms with Crippen LogP contribution in [-0.2, 0) is 16.7 Å². The van der Waals surface area contributed by atoms with E-state index in [1.165, 1.54) is 0 Å². The topological polar surface area (TPSA) is 77.8 Å². The molecular formula is C13H19NO4S. The number of aliphatic hydroxyl groups is 1. The van der Waals surface area contributed by atoms with E-state index in [0.717, 1.165) is 24.9 Å². The van der Waals surface area contributed by atoms with Gasteiger partial charge in [0.25, 0.3) is 10.1 Å². The SMILES string of the molecule is O=S(=O)(O)C(O)[C@@H]1CCCCN1Cc1ccccc1. The molecule has 6 heteroatoms. The summed E-state index contributed by atoms with van der Waals surface area (Å²) < 4.78 is 31.2. The third-order valence-corrected chi connectivity index (χ3v) is 4.45. The predicted octanol–water partition coefficient (Wildman–Crippen LogP) is 1.25. The zero-order chi connectivity index (χ0) is 13.9. The maximum atomic E-state index is 11.1. The molecule has 1 heterocycles. The van der Waals surface area contributed by atoms with Gasteiger partial charge in [-0.3, -0.25) is 9.45 Å². The van der Waals surface area contributed by atoms with Crippen LogP contribution in [-0.4, -0.2) is 41.0 Å². The molecule has 0 saturated carbocycles. The van der Waals surface area contributed by atoms with Gasteiger partial charge in [0, 0.05) is 6.54 Å². The highest BCUT2D eigenvalue weighted by Gasteiger charge is 2.35. The molecule has 0 radical (unpaired) electrons. The number of aliphatic hydroxyl groups excluding tert-OH is 1. The Balaban J connectivity index is 2.12. The number of benzene rings is 1. The van der Waals surface area contributed by atoms with Crippen molar-refractivity contribution in [3.8, 4) is 0 Å². The summed E-state index contributed by atoms with van der Waals surface area (Å²) in [6.07, 6.45) is 2.41. The van der Waals surface area contributed by atoms with Gasteiger partial charge in [0.2, 0.25) is 0 Å². The minimum Gasteiger partial charge on any atom is -0.374 e. The average molecular weight is 285 g/mol. The average Bonchev–Trinajstić information content (AvgIpc) is 2.39. The summed E-state index contributed by atoms with van der Waals surface area (Å²) in [6, 6.07) is 9.16. The molecule has 0 aliphatic carbocycles. The summed E-state index contributed by atoms with van der Waals surface area (Å²) >= 11 is 0. The Bertz CT molecular complexity index is 503. The Morgan fingerprint density at radius 2 is 1.95 bits per heavy atom. The van der Waals surface area contributed by atoms with Gasteiger partial charge >= 0.3 is 0 Å². The largest absolute Gasteiger partial charge is 0.374 e. The van der Waals surface area contributed by atoms with Crippen LogP contribution < -0.4 is 0 Å². The Hall–Kier alpha value is -0.950. The van der Waals surface area contributed by atoms with Gasteiger partial charge < -0.3 is 5.11 Å². The summed E-state index contributed by atoms with van der Waals surface area (Å²) in [5.74, 6) is 0. The van der Waals surface area contributed by atoms with Gasteiger partial charge in [0.05, 0.1) is 6.04 Å². The zero-order valence-electron chi connectivity index (χ0n) is 10.6. The normalized spacial score (nSPS) is 23.2. The molecule has 2 N–H and O–H groups in total. The van der Waals surface area contributed by atoms with Crippen LogP contribution in [0, 0.1) is 0 Å². The first kappa shape index (κ1) is 14.5. The van der Waals surface area contributed by atoms with Gasteiger partial charge in [-0.25, -0.2) is 0 Å². The molecule has 2 rings (SSSR count). The Morgan fingerprint density at radius 3 is 2.58 bits per heavy atom. The number of likely N-dealkylation sites (tertiary alicyclic amines) is 1. The lowest BCUT2D eigenvalue weighted by Crippen LogP contribution is -2.49. The fourth-order valence-corrected chi connectivity index (χ4v) is 3.26. The molecule has 1 fully saturated rings. The van der Waals surface area contributed by atoms with Crippen LogP contribution in [0.3, 0.4) is 0 Å². The Kier molecular flexibility index (Phi) is 4.57. The molecule has 106 valence electrons. The van der Waals surface area contributed by atoms with E-state index in [1.807, 2.05) is 35.2 Å². The summed E-state index contributed by atoms with van der Waals surface area (Å²) in [5, 5.41) is 9.78. The van der Waals surface area contributed by atoms with E-state index < -0.39 is 21.6 Å². The van der Waals surface area contributed by atoms with Crippen molar-refractivity contribution < 1.29 is 18.1 Å². The van der Waals surface area contributed by atoms with Gasteiger partial charge in [0.1, 0.15) is 0 Å². The van der Waals surface area contributed by atoms with Gasteiger partial charge in [-0.05, 0) is 24.9 Å². The van der Waals surface area contributed by atoms with Crippen LogP contribution in [0.2, 0.25) is 0 Å². The van der Waals surface area contributed by atoms with Crippen molar-refractivity contribution in [2.24, 2.45) is 0 Å². The van der Waals surface area contributed by atoms with Crippen LogP contribution in [0.25, 0.3) is 0 Å². The van der Waals surface area contributed by atoms with E-state index in [-0.39, 0.29) is 0 Å². The van der Waals surface area contributed by atoms with Crippen molar-refractivity contribution in [3.63, 3.8) is 0 Å². The smallest absolute Gasteiger partial charge is 0.293 e. The van der Waals surface area contributed by atoms with Crippen LogP contribution in [0.1, 0.15) is 24.8 Å². The maximum Gasteiger partial charge on any atom is 0.293 e. The molecule has 1 aromatic carbocycles. The molecule has 2 atom stereocenters. The molecular weight excluding hydrogens is 266 g/mol. The van der Waals surface area contributed by atoms with Crippen LogP contribution in [0.4, 0.5) is 0 Å². The third-order valence-electron chi connectivity index (χ3n) is 3.53. The number of piperidine rings is 1. The molecule has 0 aromatic heterocycles. The zero-order valence-corrected chi connectivity index (χ0v) is 11.5. The standard InChI is InChI=1S/C13H19NO4S/c15-13(19(16,17)18)12-8-4-5-9-14(12)10-11-6-2-1-3-7-11/h1-3,6-7,12-13,15H,4-5,8-10H2,(H,16,17,18)/t12-,13?/m0/s1. The first-order valence-electron chi connectivity index (χ1n) is 6.41. The minimum absolute atomic E-state index is 0.538. The maximum absolute atomic E-state index is 11.1. The van der Waals surface area contributed by atoms with E-state index in [1.54, 1.807) is 0 Å². The van der Waals surface area contributed by atoms with Crippen LogP contribution in [0.15, 0.2) is 30.3 Å². The van der Waals surface area contributed by atoms with Crippen LogP contribution >= 0.6 is 0 Å². The summed E-state index contributed by atoms with van der Waals surface area (Å²) in [4.78, 5) is 1.93. The van der Waals surface area contributed by atoms with E-state index in [2.05, 4.69) is 0 Å². The van der Waals surface area contributed by atoms with E-state index in [9.17, 15) is 13.5 Å². The predicted molar refractivity (Wildman–Crippen MR) is 72.0 cm³/mol. The molecule has 1 unspecified atom stereocenters. The highest BCUT2D eigenvalue weighted by atomic mass is 32.2. The summed E-state index contributed by atoms with van der Waals surface area (Å²) in [5.41, 5.74) is -0.659. The van der Waals surface area contributed by atoms with Crippen molar-refractivity contribution in [1.82, 2.24) is 4.90 Å². The highest BCUT2D eigenvalue weighted by Crippen LogP contribution is 2.23. The molecule has 5 nitrogen and oxygen atoms in total. The molecule has 1 saturated heterocycles. The van der Waals surface area contributed by atoms with Crippen LogP contribution in [0.5, 0.6) is 0 Å². The quantitative estimate of drug-likeness (QED) is 0.814. The lowest BCUT2D eigenvalue weighted by atomic mass is 10.0. The lowest BCUT2D eigenvalue weighted by Gasteiger charge is -2.37. The molecule has 1 aliphatic rings. The van der Waals surface area contributed by atoms with Crippen molar-refractivity contribution in [2.75, 3.05) is 6.54 Å². The number of rotatable bonds is 4. The highest BCUT2D eigenvalue weighted by molar-refractivity contribution is 7.86. The van der Waals surface area contributed by atoms with E-state index in [4.69, 9.17) is 4.55 Å². The monoisotopic (exact) mass is 285 g/mol. The fourth-order valence-electron chi connectivity index (χ4n) is 2.55. The Morgan fingerprint density at radius 1 is 1.26 bits per heavy atom.